The second-order valence-electron chi connectivity index (χ2n) is 5.17. The molecule has 2 rings (SSSR count). The van der Waals surface area contributed by atoms with Crippen LogP contribution in [0.15, 0.2) is 52.0 Å². The molecule has 6 heteroatoms. The Labute approximate surface area is 156 Å². The fourth-order valence-corrected chi connectivity index (χ4v) is 2.65. The number of hydrogen-bond acceptors (Lipinski definition) is 3. The normalized spacial score (nSPS) is 10.6. The molecule has 4 nitrogen and oxygen atoms in total. The van der Waals surface area contributed by atoms with Gasteiger partial charge in [-0.15, -0.1) is 0 Å². The first kappa shape index (κ1) is 18.4. The molecule has 0 radical (unpaired) electrons. The van der Waals surface area contributed by atoms with E-state index in [1.807, 2.05) is 49.4 Å². The van der Waals surface area contributed by atoms with Gasteiger partial charge in [-0.1, -0.05) is 35.0 Å². The molecule has 0 amide bonds. The van der Waals surface area contributed by atoms with E-state index in [0.29, 0.717) is 11.7 Å². The van der Waals surface area contributed by atoms with E-state index >= 15 is 0 Å². The van der Waals surface area contributed by atoms with Crippen LogP contribution in [0.5, 0.6) is 5.75 Å². The molecule has 2 aromatic rings. The van der Waals surface area contributed by atoms with Crippen LogP contribution in [0.1, 0.15) is 24.5 Å². The molecule has 0 aliphatic rings. The number of thiocarbonyl (C=S) groups is 1. The first-order valence-electron chi connectivity index (χ1n) is 7.68. The van der Waals surface area contributed by atoms with Gasteiger partial charge in [-0.3, -0.25) is 5.43 Å². The zero-order valence-electron chi connectivity index (χ0n) is 13.7. The fraction of sp³-hybridized carbons (Fsp3) is 0.222. The molecule has 24 heavy (non-hydrogen) atoms. The van der Waals surface area contributed by atoms with Gasteiger partial charge in [0, 0.05) is 15.7 Å². The lowest BCUT2D eigenvalue weighted by Crippen LogP contribution is -2.24. The number of nitrogens with one attached hydrogen (secondary N) is 2. The molecule has 0 aliphatic heterocycles. The van der Waals surface area contributed by atoms with Gasteiger partial charge in [0.2, 0.25) is 0 Å². The number of aryl methyl sites for hydroxylation is 1. The fourth-order valence-electron chi connectivity index (χ4n) is 2.01. The maximum atomic E-state index is 5.69. The first-order chi connectivity index (χ1) is 11.6. The molecule has 0 heterocycles. The summed E-state index contributed by atoms with van der Waals surface area (Å²) in [5.74, 6) is 0.813. The average molecular weight is 406 g/mol. The van der Waals surface area contributed by atoms with Crippen molar-refractivity contribution in [3.8, 4) is 5.75 Å². The van der Waals surface area contributed by atoms with Crippen molar-refractivity contribution < 1.29 is 4.74 Å². The molecule has 0 saturated carbocycles. The SMILES string of the molecule is CCCOc1ccccc1C=NNC(=S)Nc1ccc(Br)cc1C. The Hall–Kier alpha value is -1.92. The summed E-state index contributed by atoms with van der Waals surface area (Å²) in [6.07, 6.45) is 2.66. The third-order valence-electron chi connectivity index (χ3n) is 3.19. The van der Waals surface area contributed by atoms with Crippen molar-refractivity contribution in [1.29, 1.82) is 0 Å². The molecular weight excluding hydrogens is 386 g/mol. The van der Waals surface area contributed by atoms with Crippen LogP contribution >= 0.6 is 28.1 Å². The summed E-state index contributed by atoms with van der Waals surface area (Å²) in [7, 11) is 0. The van der Waals surface area contributed by atoms with E-state index in [9.17, 15) is 0 Å². The van der Waals surface area contributed by atoms with Crippen molar-refractivity contribution in [3.63, 3.8) is 0 Å². The van der Waals surface area contributed by atoms with E-state index in [1.165, 1.54) is 0 Å². The highest BCUT2D eigenvalue weighted by Gasteiger charge is 2.02. The van der Waals surface area contributed by atoms with Crippen LogP contribution in [0.2, 0.25) is 0 Å². The van der Waals surface area contributed by atoms with Gasteiger partial charge < -0.3 is 10.1 Å². The number of hydrazone groups is 1. The van der Waals surface area contributed by atoms with Crippen LogP contribution in [-0.4, -0.2) is 17.9 Å². The number of anilines is 1. The highest BCUT2D eigenvalue weighted by molar-refractivity contribution is 9.10. The molecule has 0 aliphatic carbocycles. The Kier molecular flexibility index (Phi) is 7.21. The topological polar surface area (TPSA) is 45.6 Å². The molecule has 0 unspecified atom stereocenters. The van der Waals surface area contributed by atoms with Crippen molar-refractivity contribution in [2.45, 2.75) is 20.3 Å². The predicted octanol–water partition coefficient (Wildman–Crippen LogP) is 4.87. The van der Waals surface area contributed by atoms with Gasteiger partial charge in [0.05, 0.1) is 12.8 Å². The minimum absolute atomic E-state index is 0.434. The Morgan fingerprint density at radius 2 is 2.08 bits per heavy atom. The van der Waals surface area contributed by atoms with Crippen molar-refractivity contribution in [2.24, 2.45) is 5.10 Å². The predicted molar refractivity (Wildman–Crippen MR) is 108 cm³/mol. The number of benzene rings is 2. The Morgan fingerprint density at radius 3 is 2.83 bits per heavy atom. The quantitative estimate of drug-likeness (QED) is 0.408. The highest BCUT2D eigenvalue weighted by Crippen LogP contribution is 2.20. The van der Waals surface area contributed by atoms with Crippen molar-refractivity contribution >= 4 is 45.2 Å². The van der Waals surface area contributed by atoms with Crippen molar-refractivity contribution in [3.05, 3.63) is 58.1 Å². The molecule has 2 aromatic carbocycles. The zero-order chi connectivity index (χ0) is 17.4. The standard InChI is InChI=1S/C18H20BrN3OS/c1-3-10-23-17-7-5-4-6-14(17)12-20-22-18(24)21-16-9-8-15(19)11-13(16)2/h4-9,11-12H,3,10H2,1-2H3,(H2,21,22,24). The van der Waals surface area contributed by atoms with Crippen LogP contribution in [0.4, 0.5) is 5.69 Å². The summed E-state index contributed by atoms with van der Waals surface area (Å²) in [5.41, 5.74) is 5.77. The van der Waals surface area contributed by atoms with E-state index in [0.717, 1.165) is 33.5 Å². The minimum atomic E-state index is 0.434. The lowest BCUT2D eigenvalue weighted by Gasteiger charge is -2.10. The monoisotopic (exact) mass is 405 g/mol. The maximum Gasteiger partial charge on any atom is 0.191 e. The van der Waals surface area contributed by atoms with Gasteiger partial charge in [-0.25, -0.2) is 0 Å². The molecule has 0 spiro atoms. The third-order valence-corrected chi connectivity index (χ3v) is 3.87. The van der Waals surface area contributed by atoms with Crippen molar-refractivity contribution in [1.82, 2.24) is 5.43 Å². The number of ether oxygens (including phenoxy) is 1. The summed E-state index contributed by atoms with van der Waals surface area (Å²) < 4.78 is 6.73. The van der Waals surface area contributed by atoms with E-state index in [1.54, 1.807) is 6.21 Å². The van der Waals surface area contributed by atoms with Crippen LogP contribution in [0.3, 0.4) is 0 Å². The third kappa shape index (κ3) is 5.62. The van der Waals surface area contributed by atoms with Gasteiger partial charge in [0.15, 0.2) is 5.11 Å². The molecule has 0 bridgehead atoms. The molecule has 0 aromatic heterocycles. The van der Waals surface area contributed by atoms with Gasteiger partial charge >= 0.3 is 0 Å². The van der Waals surface area contributed by atoms with E-state index < -0.39 is 0 Å². The minimum Gasteiger partial charge on any atom is -0.493 e. The molecule has 0 saturated heterocycles. The first-order valence-corrected chi connectivity index (χ1v) is 8.88. The smallest absolute Gasteiger partial charge is 0.191 e. The second kappa shape index (κ2) is 9.39. The van der Waals surface area contributed by atoms with E-state index in [2.05, 4.69) is 38.7 Å². The van der Waals surface area contributed by atoms with E-state index in [4.69, 9.17) is 17.0 Å². The number of nitrogens with zero attached hydrogens (tertiary/aromatic N) is 1. The number of rotatable bonds is 6. The Morgan fingerprint density at radius 1 is 1.29 bits per heavy atom. The Bertz CT molecular complexity index is 734. The highest BCUT2D eigenvalue weighted by atomic mass is 79.9. The van der Waals surface area contributed by atoms with Crippen LogP contribution in [0.25, 0.3) is 0 Å². The second-order valence-corrected chi connectivity index (χ2v) is 6.49. The van der Waals surface area contributed by atoms with Crippen LogP contribution in [0, 0.1) is 6.92 Å². The molecule has 0 atom stereocenters. The summed E-state index contributed by atoms with van der Waals surface area (Å²) in [6.45, 7) is 4.77. The Balaban J connectivity index is 1.95. The summed E-state index contributed by atoms with van der Waals surface area (Å²) in [4.78, 5) is 0. The lowest BCUT2D eigenvalue weighted by atomic mass is 10.2. The zero-order valence-corrected chi connectivity index (χ0v) is 16.1. The average Bonchev–Trinajstić information content (AvgIpc) is 2.56. The van der Waals surface area contributed by atoms with E-state index in [-0.39, 0.29) is 0 Å². The number of para-hydroxylation sites is 1. The van der Waals surface area contributed by atoms with Crippen LogP contribution < -0.4 is 15.5 Å². The van der Waals surface area contributed by atoms with Gasteiger partial charge in [-0.05, 0) is 61.5 Å². The maximum absolute atomic E-state index is 5.69. The van der Waals surface area contributed by atoms with Crippen LogP contribution in [-0.2, 0) is 0 Å². The van der Waals surface area contributed by atoms with Crippen molar-refractivity contribution in [2.75, 3.05) is 11.9 Å². The number of hydrogen-bond donors (Lipinski definition) is 2. The molecule has 126 valence electrons. The summed E-state index contributed by atoms with van der Waals surface area (Å²) in [5, 5.41) is 7.75. The molecular formula is C18H20BrN3OS. The largest absolute Gasteiger partial charge is 0.493 e. The van der Waals surface area contributed by atoms with Gasteiger partial charge in [0.25, 0.3) is 0 Å². The van der Waals surface area contributed by atoms with Gasteiger partial charge in [-0.2, -0.15) is 5.10 Å². The molecule has 2 N–H and O–H groups in total. The van der Waals surface area contributed by atoms with Gasteiger partial charge in [0.1, 0.15) is 5.75 Å². The lowest BCUT2D eigenvalue weighted by molar-refractivity contribution is 0.317. The number of halogens is 1. The summed E-state index contributed by atoms with van der Waals surface area (Å²) >= 11 is 8.71. The summed E-state index contributed by atoms with van der Waals surface area (Å²) in [6, 6.07) is 13.7. The molecule has 0 fully saturated rings.